The van der Waals surface area contributed by atoms with Crippen LogP contribution in [0.4, 0.5) is 5.82 Å². The van der Waals surface area contributed by atoms with Crippen molar-refractivity contribution in [1.29, 1.82) is 0 Å². The Hall–Kier alpha value is -1.13. The minimum absolute atomic E-state index is 0.0677. The standard InChI is InChI=1S/C11H14ClN3O/c12-8-3-1-6-14-9(8)15-10(16)11(7-13)4-2-5-11/h1,3,6H,2,4-5,7,13H2,(H,14,15,16). The summed E-state index contributed by atoms with van der Waals surface area (Å²) >= 11 is 5.91. The van der Waals surface area contributed by atoms with E-state index in [1.54, 1.807) is 18.3 Å². The lowest BCUT2D eigenvalue weighted by atomic mass is 9.68. The number of aromatic nitrogens is 1. The Morgan fingerprint density at radius 2 is 2.38 bits per heavy atom. The molecule has 86 valence electrons. The molecule has 0 bridgehead atoms. The third kappa shape index (κ3) is 1.90. The maximum atomic E-state index is 12.0. The summed E-state index contributed by atoms with van der Waals surface area (Å²) in [4.78, 5) is 16.0. The molecule has 0 radical (unpaired) electrons. The first-order chi connectivity index (χ1) is 7.68. The molecule has 0 atom stereocenters. The lowest BCUT2D eigenvalue weighted by Gasteiger charge is -2.38. The summed E-state index contributed by atoms with van der Waals surface area (Å²) in [5.74, 6) is 0.343. The predicted molar refractivity (Wildman–Crippen MR) is 63.2 cm³/mol. The second-order valence-electron chi connectivity index (χ2n) is 4.13. The van der Waals surface area contributed by atoms with Gasteiger partial charge in [-0.1, -0.05) is 18.0 Å². The lowest BCUT2D eigenvalue weighted by molar-refractivity contribution is -0.129. The van der Waals surface area contributed by atoms with Gasteiger partial charge in [-0.15, -0.1) is 0 Å². The van der Waals surface area contributed by atoms with Crippen molar-refractivity contribution in [3.05, 3.63) is 23.4 Å². The zero-order chi connectivity index (χ0) is 11.6. The number of nitrogens with zero attached hydrogens (tertiary/aromatic N) is 1. The van der Waals surface area contributed by atoms with Gasteiger partial charge in [-0.2, -0.15) is 0 Å². The van der Waals surface area contributed by atoms with Crippen LogP contribution in [-0.4, -0.2) is 17.4 Å². The van der Waals surface area contributed by atoms with Gasteiger partial charge in [-0.25, -0.2) is 4.98 Å². The molecule has 1 aliphatic rings. The van der Waals surface area contributed by atoms with Crippen molar-refractivity contribution in [3.8, 4) is 0 Å². The second-order valence-corrected chi connectivity index (χ2v) is 4.53. The average Bonchev–Trinajstić information content (AvgIpc) is 2.21. The van der Waals surface area contributed by atoms with Crippen LogP contribution < -0.4 is 11.1 Å². The zero-order valence-electron chi connectivity index (χ0n) is 8.87. The Morgan fingerprint density at radius 1 is 1.62 bits per heavy atom. The van der Waals surface area contributed by atoms with Gasteiger partial charge in [0.2, 0.25) is 5.91 Å². The summed E-state index contributed by atoms with van der Waals surface area (Å²) in [6.07, 6.45) is 4.34. The number of carbonyl (C=O) groups is 1. The molecule has 5 heteroatoms. The van der Waals surface area contributed by atoms with E-state index >= 15 is 0 Å². The molecule has 0 unspecified atom stereocenters. The van der Waals surface area contributed by atoms with Gasteiger partial charge in [0, 0.05) is 12.7 Å². The normalized spacial score (nSPS) is 17.6. The van der Waals surface area contributed by atoms with Gasteiger partial charge in [0.15, 0.2) is 5.82 Å². The fraction of sp³-hybridized carbons (Fsp3) is 0.455. The molecule has 1 aromatic heterocycles. The Kier molecular flexibility index (Phi) is 3.12. The zero-order valence-corrected chi connectivity index (χ0v) is 9.63. The molecule has 1 aromatic rings. The van der Waals surface area contributed by atoms with Crippen molar-refractivity contribution < 1.29 is 4.79 Å². The number of hydrogen-bond donors (Lipinski definition) is 2. The van der Waals surface area contributed by atoms with Crippen LogP contribution in [0.5, 0.6) is 0 Å². The summed E-state index contributed by atoms with van der Waals surface area (Å²) in [5.41, 5.74) is 5.25. The molecule has 0 aliphatic heterocycles. The van der Waals surface area contributed by atoms with Crippen molar-refractivity contribution in [1.82, 2.24) is 4.98 Å². The van der Waals surface area contributed by atoms with Gasteiger partial charge in [0.05, 0.1) is 10.4 Å². The van der Waals surface area contributed by atoms with E-state index < -0.39 is 5.41 Å². The summed E-state index contributed by atoms with van der Waals surface area (Å²) in [5, 5.41) is 3.19. The van der Waals surface area contributed by atoms with Crippen LogP contribution in [0.1, 0.15) is 19.3 Å². The highest BCUT2D eigenvalue weighted by molar-refractivity contribution is 6.33. The predicted octanol–water partition coefficient (Wildman–Crippen LogP) is 1.80. The van der Waals surface area contributed by atoms with Crippen molar-refractivity contribution >= 4 is 23.3 Å². The summed E-state index contributed by atoms with van der Waals surface area (Å²) in [7, 11) is 0. The first-order valence-corrected chi connectivity index (χ1v) is 5.68. The van der Waals surface area contributed by atoms with E-state index in [1.807, 2.05) is 0 Å². The van der Waals surface area contributed by atoms with Gasteiger partial charge in [-0.05, 0) is 25.0 Å². The number of halogens is 1. The smallest absolute Gasteiger partial charge is 0.233 e. The third-order valence-corrected chi connectivity index (χ3v) is 3.48. The first-order valence-electron chi connectivity index (χ1n) is 5.30. The molecule has 0 aromatic carbocycles. The number of nitrogens with one attached hydrogen (secondary N) is 1. The van der Waals surface area contributed by atoms with Crippen LogP contribution >= 0.6 is 11.6 Å². The quantitative estimate of drug-likeness (QED) is 0.845. The molecule has 0 saturated heterocycles. The van der Waals surface area contributed by atoms with Gasteiger partial charge in [0.1, 0.15) is 0 Å². The maximum Gasteiger partial charge on any atom is 0.233 e. The van der Waals surface area contributed by atoms with Crippen LogP contribution in [0.2, 0.25) is 5.02 Å². The van der Waals surface area contributed by atoms with Crippen LogP contribution in [0.15, 0.2) is 18.3 Å². The van der Waals surface area contributed by atoms with Crippen molar-refractivity contribution in [2.75, 3.05) is 11.9 Å². The average molecular weight is 240 g/mol. The Labute approximate surface area is 99.2 Å². The van der Waals surface area contributed by atoms with Crippen LogP contribution in [0, 0.1) is 5.41 Å². The van der Waals surface area contributed by atoms with E-state index in [4.69, 9.17) is 17.3 Å². The number of rotatable bonds is 3. The summed E-state index contributed by atoms with van der Waals surface area (Å²) < 4.78 is 0. The highest BCUT2D eigenvalue weighted by atomic mass is 35.5. The summed E-state index contributed by atoms with van der Waals surface area (Å²) in [6.45, 7) is 0.378. The molecular weight excluding hydrogens is 226 g/mol. The monoisotopic (exact) mass is 239 g/mol. The molecule has 1 saturated carbocycles. The number of pyridine rings is 1. The number of amides is 1. The fourth-order valence-corrected chi connectivity index (χ4v) is 2.01. The van der Waals surface area contributed by atoms with Crippen LogP contribution in [0.3, 0.4) is 0 Å². The molecule has 2 rings (SSSR count). The number of anilines is 1. The Bertz CT molecular complexity index is 398. The molecule has 1 heterocycles. The topological polar surface area (TPSA) is 68.0 Å². The molecule has 1 amide bonds. The van der Waals surface area contributed by atoms with E-state index in [2.05, 4.69) is 10.3 Å². The lowest BCUT2D eigenvalue weighted by Crippen LogP contribution is -2.47. The van der Waals surface area contributed by atoms with Gasteiger partial charge in [-0.3, -0.25) is 4.79 Å². The highest BCUT2D eigenvalue weighted by Crippen LogP contribution is 2.41. The first kappa shape index (κ1) is 11.4. The van der Waals surface area contributed by atoms with E-state index in [9.17, 15) is 4.79 Å². The maximum absolute atomic E-state index is 12.0. The molecule has 16 heavy (non-hydrogen) atoms. The van der Waals surface area contributed by atoms with E-state index in [-0.39, 0.29) is 5.91 Å². The molecule has 0 spiro atoms. The minimum atomic E-state index is -0.402. The van der Waals surface area contributed by atoms with Crippen molar-refractivity contribution in [3.63, 3.8) is 0 Å². The van der Waals surface area contributed by atoms with Crippen LogP contribution in [-0.2, 0) is 4.79 Å². The highest BCUT2D eigenvalue weighted by Gasteiger charge is 2.43. The van der Waals surface area contributed by atoms with Crippen molar-refractivity contribution in [2.45, 2.75) is 19.3 Å². The van der Waals surface area contributed by atoms with Gasteiger partial charge < -0.3 is 11.1 Å². The van der Waals surface area contributed by atoms with Crippen molar-refractivity contribution in [2.24, 2.45) is 11.1 Å². The third-order valence-electron chi connectivity index (χ3n) is 3.17. The number of carbonyl (C=O) groups excluding carboxylic acids is 1. The number of nitrogens with two attached hydrogens (primary N) is 1. The largest absolute Gasteiger partial charge is 0.329 e. The van der Waals surface area contributed by atoms with E-state index in [0.717, 1.165) is 19.3 Å². The molecular formula is C11H14ClN3O. The van der Waals surface area contributed by atoms with Crippen LogP contribution in [0.25, 0.3) is 0 Å². The fourth-order valence-electron chi connectivity index (χ4n) is 1.85. The Morgan fingerprint density at radius 3 is 2.88 bits per heavy atom. The van der Waals surface area contributed by atoms with E-state index in [1.165, 1.54) is 0 Å². The molecule has 3 N–H and O–H groups in total. The summed E-state index contributed by atoms with van der Waals surface area (Å²) in [6, 6.07) is 3.42. The molecule has 4 nitrogen and oxygen atoms in total. The number of hydrogen-bond acceptors (Lipinski definition) is 3. The molecule has 1 fully saturated rings. The minimum Gasteiger partial charge on any atom is -0.329 e. The molecule has 1 aliphatic carbocycles. The Balaban J connectivity index is 2.10. The van der Waals surface area contributed by atoms with Gasteiger partial charge >= 0.3 is 0 Å². The second kappa shape index (κ2) is 4.39. The SMILES string of the molecule is NCC1(C(=O)Nc2ncccc2Cl)CCC1. The van der Waals surface area contributed by atoms with E-state index in [0.29, 0.717) is 17.4 Å². The van der Waals surface area contributed by atoms with Gasteiger partial charge in [0.25, 0.3) is 0 Å².